The summed E-state index contributed by atoms with van der Waals surface area (Å²) >= 11 is 0. The Kier molecular flexibility index (Phi) is 5.34. The first-order chi connectivity index (χ1) is 12.6. The van der Waals surface area contributed by atoms with Crippen molar-refractivity contribution in [2.45, 2.75) is 6.54 Å². The van der Waals surface area contributed by atoms with Gasteiger partial charge in [-0.1, -0.05) is 36.4 Å². The van der Waals surface area contributed by atoms with Gasteiger partial charge in [0.25, 0.3) is 11.8 Å². The van der Waals surface area contributed by atoms with Crippen molar-refractivity contribution >= 4 is 17.5 Å². The Hall–Kier alpha value is -3.54. The van der Waals surface area contributed by atoms with Gasteiger partial charge in [-0.2, -0.15) is 0 Å². The average molecular weight is 349 g/mol. The molecule has 2 N–H and O–H groups in total. The molecule has 0 saturated carbocycles. The molecule has 1 heterocycles. The Bertz CT molecular complexity index is 929. The van der Waals surface area contributed by atoms with Gasteiger partial charge in [-0.15, -0.1) is 0 Å². The minimum absolute atomic E-state index is 0.0709. The molecule has 2 aromatic carbocycles. The van der Waals surface area contributed by atoms with Gasteiger partial charge < -0.3 is 10.6 Å². The molecule has 0 saturated heterocycles. The maximum absolute atomic E-state index is 13.2. The van der Waals surface area contributed by atoms with Crippen LogP contribution in [0.3, 0.4) is 0 Å². The number of amides is 2. The van der Waals surface area contributed by atoms with Crippen molar-refractivity contribution in [2.24, 2.45) is 0 Å². The molecule has 3 aromatic rings. The molecular weight excluding hydrogens is 333 g/mol. The molecule has 0 aliphatic carbocycles. The first-order valence-corrected chi connectivity index (χ1v) is 7.97. The summed E-state index contributed by atoms with van der Waals surface area (Å²) in [6.45, 7) is 0.382. The highest BCUT2D eigenvalue weighted by Crippen LogP contribution is 2.11. The van der Waals surface area contributed by atoms with Crippen LogP contribution in [0.4, 0.5) is 10.1 Å². The lowest BCUT2D eigenvalue weighted by Crippen LogP contribution is -2.23. The van der Waals surface area contributed by atoms with Crippen molar-refractivity contribution in [3.8, 4) is 0 Å². The molecule has 0 aliphatic rings. The Labute approximate surface area is 149 Å². The quantitative estimate of drug-likeness (QED) is 0.742. The van der Waals surface area contributed by atoms with Crippen LogP contribution in [0.5, 0.6) is 0 Å². The van der Waals surface area contributed by atoms with Crippen LogP contribution in [-0.4, -0.2) is 16.8 Å². The van der Waals surface area contributed by atoms with E-state index in [1.54, 1.807) is 6.07 Å². The minimum atomic E-state index is -0.520. The van der Waals surface area contributed by atoms with Gasteiger partial charge in [0.2, 0.25) is 0 Å². The predicted octanol–water partition coefficient (Wildman–Crippen LogP) is 3.40. The molecule has 0 spiro atoms. The van der Waals surface area contributed by atoms with E-state index >= 15 is 0 Å². The SMILES string of the molecule is O=C(NCc1ccccc1)c1ccnc(C(=O)Nc2cccc(F)c2)c1. The Morgan fingerprint density at radius 1 is 0.923 bits per heavy atom. The van der Waals surface area contributed by atoms with Crippen LogP contribution in [0.2, 0.25) is 0 Å². The number of nitrogens with one attached hydrogen (secondary N) is 2. The zero-order valence-electron chi connectivity index (χ0n) is 13.8. The minimum Gasteiger partial charge on any atom is -0.348 e. The lowest BCUT2D eigenvalue weighted by molar-refractivity contribution is 0.0951. The molecule has 0 aliphatic heterocycles. The van der Waals surface area contributed by atoms with Gasteiger partial charge in [-0.3, -0.25) is 14.6 Å². The molecule has 0 atom stereocenters. The fourth-order valence-corrected chi connectivity index (χ4v) is 2.34. The number of hydrogen-bond acceptors (Lipinski definition) is 3. The molecule has 130 valence electrons. The molecule has 5 nitrogen and oxygen atoms in total. The Morgan fingerprint density at radius 2 is 1.73 bits per heavy atom. The van der Waals surface area contributed by atoms with Gasteiger partial charge in [-0.05, 0) is 35.9 Å². The van der Waals surface area contributed by atoms with Crippen LogP contribution in [0.15, 0.2) is 72.9 Å². The molecule has 6 heteroatoms. The number of aromatic nitrogens is 1. The van der Waals surface area contributed by atoms with Crippen molar-refractivity contribution < 1.29 is 14.0 Å². The summed E-state index contributed by atoms with van der Waals surface area (Å²) < 4.78 is 13.2. The summed E-state index contributed by atoms with van der Waals surface area (Å²) in [6.07, 6.45) is 1.39. The molecule has 1 aromatic heterocycles. The van der Waals surface area contributed by atoms with Crippen LogP contribution >= 0.6 is 0 Å². The third kappa shape index (κ3) is 4.51. The molecule has 2 amide bonds. The van der Waals surface area contributed by atoms with E-state index < -0.39 is 11.7 Å². The number of carbonyl (C=O) groups excluding carboxylic acids is 2. The summed E-state index contributed by atoms with van der Waals surface area (Å²) in [7, 11) is 0. The topological polar surface area (TPSA) is 71.1 Å². The van der Waals surface area contributed by atoms with Crippen LogP contribution < -0.4 is 10.6 Å². The van der Waals surface area contributed by atoms with Gasteiger partial charge in [0, 0.05) is 24.0 Å². The van der Waals surface area contributed by atoms with Gasteiger partial charge in [0.05, 0.1) is 0 Å². The van der Waals surface area contributed by atoms with Gasteiger partial charge in [0.1, 0.15) is 11.5 Å². The summed E-state index contributed by atoms with van der Waals surface area (Å²) in [5.74, 6) is -1.28. The maximum atomic E-state index is 13.2. The first kappa shape index (κ1) is 17.3. The number of benzene rings is 2. The second-order valence-electron chi connectivity index (χ2n) is 5.56. The number of anilines is 1. The van der Waals surface area contributed by atoms with E-state index in [4.69, 9.17) is 0 Å². The monoisotopic (exact) mass is 349 g/mol. The second-order valence-corrected chi connectivity index (χ2v) is 5.56. The van der Waals surface area contributed by atoms with Crippen LogP contribution in [0, 0.1) is 5.82 Å². The molecule has 26 heavy (non-hydrogen) atoms. The molecule has 0 bridgehead atoms. The highest BCUT2D eigenvalue weighted by molar-refractivity contribution is 6.04. The predicted molar refractivity (Wildman–Crippen MR) is 96.2 cm³/mol. The van der Waals surface area contributed by atoms with Gasteiger partial charge >= 0.3 is 0 Å². The van der Waals surface area contributed by atoms with Crippen molar-refractivity contribution in [2.75, 3.05) is 5.32 Å². The number of nitrogens with zero attached hydrogens (tertiary/aromatic N) is 1. The number of hydrogen-bond donors (Lipinski definition) is 2. The van der Waals surface area contributed by atoms with Gasteiger partial charge in [0.15, 0.2) is 0 Å². The number of carbonyl (C=O) groups is 2. The van der Waals surface area contributed by atoms with Crippen LogP contribution in [0.25, 0.3) is 0 Å². The zero-order valence-corrected chi connectivity index (χ0v) is 13.8. The van der Waals surface area contributed by atoms with E-state index in [9.17, 15) is 14.0 Å². The third-order valence-corrected chi connectivity index (χ3v) is 3.63. The van der Waals surface area contributed by atoms with E-state index in [1.165, 1.54) is 36.5 Å². The molecule has 3 rings (SSSR count). The fraction of sp³-hybridized carbons (Fsp3) is 0.0500. The molecule has 0 radical (unpaired) electrons. The van der Waals surface area contributed by atoms with E-state index in [0.717, 1.165) is 5.56 Å². The lowest BCUT2D eigenvalue weighted by atomic mass is 10.2. The average Bonchev–Trinajstić information content (AvgIpc) is 2.67. The van der Waals surface area contributed by atoms with Crippen molar-refractivity contribution in [1.82, 2.24) is 10.3 Å². The molecule has 0 fully saturated rings. The summed E-state index contributed by atoms with van der Waals surface area (Å²) in [5, 5.41) is 5.34. The normalized spacial score (nSPS) is 10.2. The van der Waals surface area contributed by atoms with Crippen LogP contribution in [0.1, 0.15) is 26.4 Å². The second kappa shape index (κ2) is 8.02. The highest BCUT2D eigenvalue weighted by Gasteiger charge is 2.12. The zero-order chi connectivity index (χ0) is 18.4. The largest absolute Gasteiger partial charge is 0.348 e. The lowest BCUT2D eigenvalue weighted by Gasteiger charge is -2.08. The van der Waals surface area contributed by atoms with E-state index in [0.29, 0.717) is 17.8 Å². The highest BCUT2D eigenvalue weighted by atomic mass is 19.1. The summed E-state index contributed by atoms with van der Waals surface area (Å²) in [5.41, 5.74) is 1.68. The van der Waals surface area contributed by atoms with Gasteiger partial charge in [-0.25, -0.2) is 4.39 Å². The smallest absolute Gasteiger partial charge is 0.274 e. The summed E-state index contributed by atoms with van der Waals surface area (Å²) in [6, 6.07) is 18.0. The van der Waals surface area contributed by atoms with E-state index in [-0.39, 0.29) is 11.6 Å². The molecule has 0 unspecified atom stereocenters. The number of pyridine rings is 1. The van der Waals surface area contributed by atoms with E-state index in [2.05, 4.69) is 15.6 Å². The maximum Gasteiger partial charge on any atom is 0.274 e. The number of rotatable bonds is 5. The van der Waals surface area contributed by atoms with Crippen molar-refractivity contribution in [1.29, 1.82) is 0 Å². The fourth-order valence-electron chi connectivity index (χ4n) is 2.34. The standard InChI is InChI=1S/C20H16FN3O2/c21-16-7-4-8-17(12-16)24-20(26)18-11-15(9-10-22-18)19(25)23-13-14-5-2-1-3-6-14/h1-12H,13H2,(H,23,25)(H,24,26). The van der Waals surface area contributed by atoms with Crippen LogP contribution in [-0.2, 0) is 6.54 Å². The molecular formula is C20H16FN3O2. The van der Waals surface area contributed by atoms with E-state index in [1.807, 2.05) is 30.3 Å². The van der Waals surface area contributed by atoms with Crippen molar-refractivity contribution in [3.63, 3.8) is 0 Å². The Morgan fingerprint density at radius 3 is 2.50 bits per heavy atom. The van der Waals surface area contributed by atoms with Crippen molar-refractivity contribution in [3.05, 3.63) is 95.6 Å². The number of halogens is 1. The Balaban J connectivity index is 1.67. The third-order valence-electron chi connectivity index (χ3n) is 3.63. The first-order valence-electron chi connectivity index (χ1n) is 7.97. The summed E-state index contributed by atoms with van der Waals surface area (Å²) in [4.78, 5) is 28.5.